The summed E-state index contributed by atoms with van der Waals surface area (Å²) in [5.41, 5.74) is 4.94. The second-order valence-corrected chi connectivity index (χ2v) is 4.68. The smallest absolute Gasteiger partial charge is 0.239 e. The van der Waals surface area contributed by atoms with E-state index in [1.54, 1.807) is 7.11 Å². The Balaban J connectivity index is 2.58. The third kappa shape index (κ3) is 2.93. The minimum Gasteiger partial charge on any atom is -0.383 e. The molecule has 94 valence electrons. The molecule has 0 aliphatic carbocycles. The van der Waals surface area contributed by atoms with Crippen LogP contribution in [0.2, 0.25) is 0 Å². The van der Waals surface area contributed by atoms with Crippen LogP contribution in [-0.4, -0.2) is 55.7 Å². The number of methoxy groups -OCH3 is 1. The van der Waals surface area contributed by atoms with E-state index in [1.807, 2.05) is 0 Å². The van der Waals surface area contributed by atoms with Gasteiger partial charge < -0.3 is 10.5 Å². The van der Waals surface area contributed by atoms with Crippen molar-refractivity contribution >= 4 is 5.91 Å². The second kappa shape index (κ2) is 5.61. The topological polar surface area (TPSA) is 67.6 Å². The van der Waals surface area contributed by atoms with E-state index in [4.69, 9.17) is 10.5 Å². The molecule has 5 heteroatoms. The number of hydrogen-bond acceptors (Lipinski definition) is 4. The average Bonchev–Trinajstić information content (AvgIpc) is 2.64. The molecule has 0 aromatic heterocycles. The Morgan fingerprint density at radius 1 is 1.62 bits per heavy atom. The second-order valence-electron chi connectivity index (χ2n) is 4.68. The van der Waals surface area contributed by atoms with Gasteiger partial charge in [0.2, 0.25) is 5.91 Å². The fourth-order valence-electron chi connectivity index (χ4n) is 2.10. The van der Waals surface area contributed by atoms with E-state index in [0.29, 0.717) is 25.7 Å². The minimum atomic E-state index is -0.567. The number of carbonyl (C=O) groups excluding carboxylic acids is 1. The van der Waals surface area contributed by atoms with Crippen LogP contribution in [0, 0.1) is 0 Å². The Morgan fingerprint density at radius 2 is 2.31 bits per heavy atom. The molecule has 0 radical (unpaired) electrons. The number of nitrogens with two attached hydrogens (primary N) is 1. The number of amides is 1. The Morgan fingerprint density at radius 3 is 2.75 bits per heavy atom. The molecule has 3 N–H and O–H groups in total. The number of rotatable bonds is 6. The Hall–Kier alpha value is -0.650. The molecule has 0 aromatic carbocycles. The van der Waals surface area contributed by atoms with E-state index in [0.717, 1.165) is 13.0 Å². The van der Waals surface area contributed by atoms with Crippen molar-refractivity contribution in [2.45, 2.75) is 31.8 Å². The summed E-state index contributed by atoms with van der Waals surface area (Å²) < 4.78 is 4.97. The summed E-state index contributed by atoms with van der Waals surface area (Å²) in [6.45, 7) is 7.13. The van der Waals surface area contributed by atoms with Gasteiger partial charge in [-0.2, -0.15) is 0 Å². The van der Waals surface area contributed by atoms with Crippen molar-refractivity contribution in [1.82, 2.24) is 10.2 Å². The molecule has 0 saturated carbocycles. The van der Waals surface area contributed by atoms with Gasteiger partial charge in [0.05, 0.1) is 6.61 Å². The van der Waals surface area contributed by atoms with E-state index in [1.165, 1.54) is 0 Å². The first-order chi connectivity index (χ1) is 7.52. The van der Waals surface area contributed by atoms with Gasteiger partial charge in [-0.1, -0.05) is 0 Å². The highest BCUT2D eigenvalue weighted by atomic mass is 16.5. The van der Waals surface area contributed by atoms with Crippen LogP contribution in [0.3, 0.4) is 0 Å². The maximum Gasteiger partial charge on any atom is 0.239 e. The zero-order valence-corrected chi connectivity index (χ0v) is 10.5. The minimum absolute atomic E-state index is 0.258. The predicted octanol–water partition coefficient (Wildman–Crippen LogP) is -0.439. The molecule has 0 bridgehead atoms. The van der Waals surface area contributed by atoms with Crippen molar-refractivity contribution in [3.05, 3.63) is 0 Å². The van der Waals surface area contributed by atoms with E-state index in [2.05, 4.69) is 24.1 Å². The van der Waals surface area contributed by atoms with Crippen LogP contribution >= 0.6 is 0 Å². The lowest BCUT2D eigenvalue weighted by molar-refractivity contribution is -0.124. The van der Waals surface area contributed by atoms with Gasteiger partial charge in [-0.15, -0.1) is 0 Å². The molecule has 1 saturated heterocycles. The Kier molecular flexibility index (Phi) is 4.70. The number of ether oxygens (including phenoxy) is 1. The van der Waals surface area contributed by atoms with Gasteiger partial charge in [-0.05, 0) is 20.3 Å². The molecule has 0 spiro atoms. The molecule has 1 rings (SSSR count). The fourth-order valence-corrected chi connectivity index (χ4v) is 2.10. The van der Waals surface area contributed by atoms with Gasteiger partial charge in [-0.3, -0.25) is 15.0 Å². The van der Waals surface area contributed by atoms with Crippen LogP contribution < -0.4 is 11.1 Å². The lowest BCUT2D eigenvalue weighted by Gasteiger charge is -2.28. The van der Waals surface area contributed by atoms with Gasteiger partial charge in [-0.25, -0.2) is 0 Å². The van der Waals surface area contributed by atoms with Crippen LogP contribution in [-0.2, 0) is 9.53 Å². The number of carbonyl (C=O) groups is 1. The number of nitrogens with one attached hydrogen (secondary N) is 1. The van der Waals surface area contributed by atoms with Crippen molar-refractivity contribution in [2.24, 2.45) is 5.73 Å². The summed E-state index contributed by atoms with van der Waals surface area (Å²) in [5.74, 6) is -0.258. The lowest BCUT2D eigenvalue weighted by atomic mass is 9.98. The van der Waals surface area contributed by atoms with Crippen LogP contribution in [0.4, 0.5) is 0 Å². The fraction of sp³-hybridized carbons (Fsp3) is 0.909. The Labute approximate surface area is 97.3 Å². The average molecular weight is 229 g/mol. The van der Waals surface area contributed by atoms with Crippen LogP contribution in [0.5, 0.6) is 0 Å². The normalized spacial score (nSPS) is 26.5. The molecular formula is C11H23N3O2. The number of hydrogen-bond donors (Lipinski definition) is 2. The summed E-state index contributed by atoms with van der Waals surface area (Å²) in [5, 5.41) is 3.24. The Bertz CT molecular complexity index is 245. The van der Waals surface area contributed by atoms with Gasteiger partial charge >= 0.3 is 0 Å². The zero-order valence-electron chi connectivity index (χ0n) is 10.5. The summed E-state index contributed by atoms with van der Waals surface area (Å²) in [4.78, 5) is 13.8. The number of likely N-dealkylation sites (tertiary alicyclic amines) is 1. The molecule has 1 atom stereocenters. The molecular weight excluding hydrogens is 206 g/mol. The molecule has 0 aromatic rings. The molecule has 1 aliphatic rings. The molecule has 1 unspecified atom stereocenters. The molecule has 1 fully saturated rings. The lowest BCUT2D eigenvalue weighted by Crippen LogP contribution is -2.58. The van der Waals surface area contributed by atoms with Crippen LogP contribution in [0.25, 0.3) is 0 Å². The molecule has 1 heterocycles. The maximum atomic E-state index is 11.6. The zero-order chi connectivity index (χ0) is 12.2. The highest BCUT2D eigenvalue weighted by Gasteiger charge is 2.43. The van der Waals surface area contributed by atoms with Gasteiger partial charge in [0.25, 0.3) is 0 Å². The summed E-state index contributed by atoms with van der Waals surface area (Å²) in [6.07, 6.45) is 0.782. The highest BCUT2D eigenvalue weighted by Crippen LogP contribution is 2.22. The molecule has 1 aliphatic heterocycles. The van der Waals surface area contributed by atoms with Crippen molar-refractivity contribution < 1.29 is 9.53 Å². The van der Waals surface area contributed by atoms with Gasteiger partial charge in [0, 0.05) is 32.8 Å². The van der Waals surface area contributed by atoms with Gasteiger partial charge in [0.1, 0.15) is 5.54 Å². The first-order valence-electron chi connectivity index (χ1n) is 5.80. The maximum absolute atomic E-state index is 11.6. The number of primary amides is 1. The highest BCUT2D eigenvalue weighted by molar-refractivity contribution is 5.85. The predicted molar refractivity (Wildman–Crippen MR) is 63.1 cm³/mol. The van der Waals surface area contributed by atoms with Crippen LogP contribution in [0.1, 0.15) is 20.3 Å². The largest absolute Gasteiger partial charge is 0.383 e. The summed E-state index contributed by atoms with van der Waals surface area (Å²) in [6, 6.07) is 0.449. The third-order valence-corrected chi connectivity index (χ3v) is 3.27. The van der Waals surface area contributed by atoms with E-state index >= 15 is 0 Å². The van der Waals surface area contributed by atoms with E-state index in [-0.39, 0.29) is 5.91 Å². The quantitative estimate of drug-likeness (QED) is 0.606. The van der Waals surface area contributed by atoms with Gasteiger partial charge in [0.15, 0.2) is 0 Å². The van der Waals surface area contributed by atoms with Crippen molar-refractivity contribution in [3.63, 3.8) is 0 Å². The van der Waals surface area contributed by atoms with E-state index in [9.17, 15) is 4.79 Å². The summed E-state index contributed by atoms with van der Waals surface area (Å²) in [7, 11) is 1.65. The summed E-state index contributed by atoms with van der Waals surface area (Å²) >= 11 is 0. The van der Waals surface area contributed by atoms with Crippen molar-refractivity contribution in [3.8, 4) is 0 Å². The monoisotopic (exact) mass is 229 g/mol. The standard InChI is InChI=1S/C11H23N3O2/c1-9(2)14-6-4-11(8-14,10(12)15)13-5-7-16-3/h9,13H,4-8H2,1-3H3,(H2,12,15). The molecule has 5 nitrogen and oxygen atoms in total. The van der Waals surface area contributed by atoms with Crippen molar-refractivity contribution in [2.75, 3.05) is 33.4 Å². The molecule has 16 heavy (non-hydrogen) atoms. The van der Waals surface area contributed by atoms with Crippen LogP contribution in [0.15, 0.2) is 0 Å². The molecule has 1 amide bonds. The third-order valence-electron chi connectivity index (χ3n) is 3.27. The first kappa shape index (κ1) is 13.4. The van der Waals surface area contributed by atoms with Crippen molar-refractivity contribution in [1.29, 1.82) is 0 Å². The number of nitrogens with zero attached hydrogens (tertiary/aromatic N) is 1. The van der Waals surface area contributed by atoms with E-state index < -0.39 is 5.54 Å². The first-order valence-corrected chi connectivity index (χ1v) is 5.80. The SMILES string of the molecule is COCCNC1(C(N)=O)CCN(C(C)C)C1.